The number of benzene rings is 2. The molecule has 1 N–H and O–H groups in total. The Kier molecular flexibility index (Phi) is 5.53. The standard InChI is InChI=1S/C21H21N5O2S/c1-3-14(2)15-6-10-18(11-7-15)28-12-19(27)23-17-8-4-16(5-9-17)20-25-26-13-22-24-21(26)29-20/h4-11,13-14H,3,12H2,1-2H3,(H,23,27). The summed E-state index contributed by atoms with van der Waals surface area (Å²) in [5, 5.41) is 15.9. The second-order valence-corrected chi connectivity index (χ2v) is 7.71. The van der Waals surface area contributed by atoms with Gasteiger partial charge in [-0.1, -0.05) is 37.3 Å². The third-order valence-corrected chi connectivity index (χ3v) is 5.70. The minimum atomic E-state index is -0.206. The van der Waals surface area contributed by atoms with Gasteiger partial charge in [-0.15, -0.1) is 10.2 Å². The van der Waals surface area contributed by atoms with Crippen molar-refractivity contribution in [2.75, 3.05) is 11.9 Å². The highest BCUT2D eigenvalue weighted by atomic mass is 32.1. The summed E-state index contributed by atoms with van der Waals surface area (Å²) in [6, 6.07) is 15.4. The molecule has 0 radical (unpaired) electrons. The summed E-state index contributed by atoms with van der Waals surface area (Å²) >= 11 is 1.46. The Morgan fingerprint density at radius 3 is 2.62 bits per heavy atom. The number of aromatic nitrogens is 4. The molecule has 2 aromatic heterocycles. The molecule has 0 aliphatic rings. The highest BCUT2D eigenvalue weighted by Gasteiger charge is 2.09. The number of anilines is 1. The van der Waals surface area contributed by atoms with Crippen molar-refractivity contribution in [3.8, 4) is 16.3 Å². The average Bonchev–Trinajstić information content (AvgIpc) is 3.35. The lowest BCUT2D eigenvalue weighted by Crippen LogP contribution is -2.20. The van der Waals surface area contributed by atoms with E-state index in [2.05, 4.69) is 34.5 Å². The van der Waals surface area contributed by atoms with Crippen LogP contribution in [0.25, 0.3) is 15.5 Å². The minimum Gasteiger partial charge on any atom is -0.484 e. The highest BCUT2D eigenvalue weighted by Crippen LogP contribution is 2.26. The Bertz CT molecular complexity index is 1070. The van der Waals surface area contributed by atoms with E-state index >= 15 is 0 Å². The zero-order chi connectivity index (χ0) is 20.2. The number of nitrogens with one attached hydrogen (secondary N) is 1. The van der Waals surface area contributed by atoms with Crippen LogP contribution in [0.5, 0.6) is 5.75 Å². The summed E-state index contributed by atoms with van der Waals surface area (Å²) < 4.78 is 7.23. The summed E-state index contributed by atoms with van der Waals surface area (Å²) in [4.78, 5) is 12.9. The predicted molar refractivity (Wildman–Crippen MR) is 113 cm³/mol. The summed E-state index contributed by atoms with van der Waals surface area (Å²) in [6.07, 6.45) is 2.66. The van der Waals surface area contributed by atoms with Crippen LogP contribution in [0.2, 0.25) is 0 Å². The van der Waals surface area contributed by atoms with E-state index in [1.165, 1.54) is 16.9 Å². The second-order valence-electron chi connectivity index (χ2n) is 6.76. The van der Waals surface area contributed by atoms with Gasteiger partial charge >= 0.3 is 0 Å². The number of rotatable bonds is 7. The first-order chi connectivity index (χ1) is 14.1. The van der Waals surface area contributed by atoms with Gasteiger partial charge in [0.1, 0.15) is 17.1 Å². The molecule has 8 heteroatoms. The number of hydrogen-bond donors (Lipinski definition) is 1. The van der Waals surface area contributed by atoms with E-state index in [0.717, 1.165) is 22.0 Å². The first-order valence-electron chi connectivity index (χ1n) is 9.42. The van der Waals surface area contributed by atoms with Crippen molar-refractivity contribution in [2.45, 2.75) is 26.2 Å². The lowest BCUT2D eigenvalue weighted by atomic mass is 9.99. The van der Waals surface area contributed by atoms with E-state index in [1.54, 1.807) is 10.8 Å². The van der Waals surface area contributed by atoms with Crippen molar-refractivity contribution in [3.05, 3.63) is 60.4 Å². The van der Waals surface area contributed by atoms with Gasteiger partial charge in [-0.25, -0.2) is 0 Å². The molecule has 0 aliphatic carbocycles. The Labute approximate surface area is 172 Å². The minimum absolute atomic E-state index is 0.0406. The number of carbonyl (C=O) groups is 1. The first kappa shape index (κ1) is 19.1. The molecular weight excluding hydrogens is 386 g/mol. The van der Waals surface area contributed by atoms with Crippen molar-refractivity contribution in [3.63, 3.8) is 0 Å². The fourth-order valence-electron chi connectivity index (χ4n) is 2.85. The van der Waals surface area contributed by atoms with Gasteiger partial charge in [0.2, 0.25) is 4.96 Å². The van der Waals surface area contributed by atoms with E-state index < -0.39 is 0 Å². The van der Waals surface area contributed by atoms with Gasteiger partial charge < -0.3 is 10.1 Å². The molecule has 4 rings (SSSR count). The van der Waals surface area contributed by atoms with Gasteiger partial charge in [0.15, 0.2) is 6.61 Å². The third kappa shape index (κ3) is 4.43. The quantitative estimate of drug-likeness (QED) is 0.492. The molecule has 0 bridgehead atoms. The van der Waals surface area contributed by atoms with E-state index in [-0.39, 0.29) is 12.5 Å². The Morgan fingerprint density at radius 1 is 1.17 bits per heavy atom. The monoisotopic (exact) mass is 407 g/mol. The Hall–Kier alpha value is -3.26. The van der Waals surface area contributed by atoms with E-state index in [9.17, 15) is 4.79 Å². The molecule has 0 aliphatic heterocycles. The van der Waals surface area contributed by atoms with E-state index in [4.69, 9.17) is 4.74 Å². The van der Waals surface area contributed by atoms with Crippen molar-refractivity contribution in [1.82, 2.24) is 19.8 Å². The zero-order valence-corrected chi connectivity index (χ0v) is 17.0. The Balaban J connectivity index is 1.32. The number of carbonyl (C=O) groups excluding carboxylic acids is 1. The van der Waals surface area contributed by atoms with Crippen LogP contribution in [0.1, 0.15) is 31.7 Å². The second kappa shape index (κ2) is 8.40. The largest absolute Gasteiger partial charge is 0.484 e. The van der Waals surface area contributed by atoms with Gasteiger partial charge in [-0.3, -0.25) is 4.79 Å². The van der Waals surface area contributed by atoms with Crippen LogP contribution in [0.15, 0.2) is 54.9 Å². The molecule has 148 valence electrons. The van der Waals surface area contributed by atoms with E-state index in [1.807, 2.05) is 48.5 Å². The molecule has 4 aromatic rings. The summed E-state index contributed by atoms with van der Waals surface area (Å²) in [6.45, 7) is 4.32. The molecule has 1 atom stereocenters. The molecule has 0 saturated heterocycles. The van der Waals surface area contributed by atoms with Crippen molar-refractivity contribution in [2.24, 2.45) is 0 Å². The molecule has 2 heterocycles. The highest BCUT2D eigenvalue weighted by molar-refractivity contribution is 7.19. The molecule has 1 amide bonds. The molecular formula is C21H21N5O2S. The molecule has 0 saturated carbocycles. The van der Waals surface area contributed by atoms with Gasteiger partial charge in [-0.2, -0.15) is 9.61 Å². The topological polar surface area (TPSA) is 81.4 Å². The molecule has 2 aromatic carbocycles. The number of amides is 1. The van der Waals surface area contributed by atoms with Crippen molar-refractivity contribution in [1.29, 1.82) is 0 Å². The first-order valence-corrected chi connectivity index (χ1v) is 10.2. The van der Waals surface area contributed by atoms with Crippen LogP contribution >= 0.6 is 11.3 Å². The van der Waals surface area contributed by atoms with Gasteiger partial charge in [-0.05, 0) is 54.3 Å². The van der Waals surface area contributed by atoms with Crippen molar-refractivity contribution < 1.29 is 9.53 Å². The summed E-state index contributed by atoms with van der Waals surface area (Å²) in [5.41, 5.74) is 2.93. The molecule has 0 spiro atoms. The average molecular weight is 407 g/mol. The zero-order valence-electron chi connectivity index (χ0n) is 16.2. The molecule has 7 nitrogen and oxygen atoms in total. The normalized spacial score (nSPS) is 12.1. The molecule has 0 fully saturated rings. The van der Waals surface area contributed by atoms with Gasteiger partial charge in [0, 0.05) is 11.3 Å². The SMILES string of the molecule is CCC(C)c1ccc(OCC(=O)Nc2ccc(-c3nn4cnnc4s3)cc2)cc1. The van der Waals surface area contributed by atoms with Crippen LogP contribution in [-0.2, 0) is 4.79 Å². The predicted octanol–water partition coefficient (Wildman–Crippen LogP) is 4.38. The van der Waals surface area contributed by atoms with Crippen LogP contribution < -0.4 is 10.1 Å². The number of nitrogens with zero attached hydrogens (tertiary/aromatic N) is 4. The lowest BCUT2D eigenvalue weighted by Gasteiger charge is -2.11. The number of fused-ring (bicyclic) bond motifs is 1. The maximum absolute atomic E-state index is 12.2. The Morgan fingerprint density at radius 2 is 1.93 bits per heavy atom. The van der Waals surface area contributed by atoms with Gasteiger partial charge in [0.25, 0.3) is 5.91 Å². The number of hydrogen-bond acceptors (Lipinski definition) is 6. The van der Waals surface area contributed by atoms with Crippen LogP contribution in [0.4, 0.5) is 5.69 Å². The summed E-state index contributed by atoms with van der Waals surface area (Å²) in [7, 11) is 0. The fourth-order valence-corrected chi connectivity index (χ4v) is 3.67. The number of ether oxygens (including phenoxy) is 1. The van der Waals surface area contributed by atoms with Gasteiger partial charge in [0.05, 0.1) is 0 Å². The van der Waals surface area contributed by atoms with Crippen LogP contribution in [0.3, 0.4) is 0 Å². The summed E-state index contributed by atoms with van der Waals surface area (Å²) in [5.74, 6) is 0.996. The maximum Gasteiger partial charge on any atom is 0.262 e. The van der Waals surface area contributed by atoms with Crippen molar-refractivity contribution >= 4 is 27.9 Å². The third-order valence-electron chi connectivity index (χ3n) is 4.73. The van der Waals surface area contributed by atoms with E-state index in [0.29, 0.717) is 17.4 Å². The lowest BCUT2D eigenvalue weighted by molar-refractivity contribution is -0.118. The van der Waals surface area contributed by atoms with Crippen LogP contribution in [-0.4, -0.2) is 32.3 Å². The van der Waals surface area contributed by atoms with Crippen LogP contribution in [0, 0.1) is 0 Å². The smallest absolute Gasteiger partial charge is 0.262 e. The molecule has 1 unspecified atom stereocenters. The molecule has 29 heavy (non-hydrogen) atoms. The maximum atomic E-state index is 12.2. The fraction of sp³-hybridized carbons (Fsp3) is 0.238.